The molecule has 0 aliphatic carbocycles. The standard InChI is InChI=1S/C23H34N4O2S/c1-17(29-20-11-6-5-10-19(20)28-4)15-25-23(24-2)26-16-18-9-7-13-27(3)22(18)21-12-8-14-30-21/h5-6,8,10-12,14,17-18,22H,7,9,13,15-16H2,1-4H3,(H2,24,25,26). The summed E-state index contributed by atoms with van der Waals surface area (Å²) in [5.41, 5.74) is 0. The van der Waals surface area contributed by atoms with Gasteiger partial charge in [-0.3, -0.25) is 9.89 Å². The number of aliphatic imine (C=N–C) groups is 1. The first-order valence-electron chi connectivity index (χ1n) is 10.6. The molecule has 6 nitrogen and oxygen atoms in total. The molecule has 2 aromatic rings. The van der Waals surface area contributed by atoms with Crippen LogP contribution < -0.4 is 20.1 Å². The Hall–Kier alpha value is -2.25. The number of hydrogen-bond donors (Lipinski definition) is 2. The number of ether oxygens (including phenoxy) is 2. The molecular weight excluding hydrogens is 396 g/mol. The molecule has 1 aromatic carbocycles. The second-order valence-electron chi connectivity index (χ2n) is 7.76. The lowest BCUT2D eigenvalue weighted by Gasteiger charge is -2.39. The van der Waals surface area contributed by atoms with E-state index in [0.29, 0.717) is 18.5 Å². The lowest BCUT2D eigenvalue weighted by molar-refractivity contribution is 0.125. The Labute approximate surface area is 184 Å². The molecule has 1 aliphatic rings. The minimum Gasteiger partial charge on any atom is -0.493 e. The van der Waals surface area contributed by atoms with E-state index in [2.05, 4.69) is 45.1 Å². The van der Waals surface area contributed by atoms with Crippen molar-refractivity contribution in [3.8, 4) is 11.5 Å². The maximum atomic E-state index is 6.03. The number of piperidine rings is 1. The van der Waals surface area contributed by atoms with Gasteiger partial charge in [0.1, 0.15) is 6.10 Å². The Morgan fingerprint density at radius 2 is 2.03 bits per heavy atom. The van der Waals surface area contributed by atoms with E-state index in [4.69, 9.17) is 9.47 Å². The van der Waals surface area contributed by atoms with Gasteiger partial charge in [0.2, 0.25) is 0 Å². The zero-order valence-corrected chi connectivity index (χ0v) is 19.2. The molecule has 164 valence electrons. The minimum atomic E-state index is -0.0282. The summed E-state index contributed by atoms with van der Waals surface area (Å²) < 4.78 is 11.4. The van der Waals surface area contributed by atoms with E-state index in [-0.39, 0.29) is 6.10 Å². The molecule has 1 aliphatic heterocycles. The number of likely N-dealkylation sites (tertiary alicyclic amines) is 1. The molecule has 1 fully saturated rings. The topological polar surface area (TPSA) is 58.1 Å². The maximum Gasteiger partial charge on any atom is 0.191 e. The van der Waals surface area contributed by atoms with Gasteiger partial charge in [0.25, 0.3) is 0 Å². The predicted molar refractivity (Wildman–Crippen MR) is 125 cm³/mol. The van der Waals surface area contributed by atoms with E-state index in [1.807, 2.05) is 49.6 Å². The van der Waals surface area contributed by atoms with Crippen molar-refractivity contribution in [2.24, 2.45) is 10.9 Å². The van der Waals surface area contributed by atoms with Crippen molar-refractivity contribution < 1.29 is 9.47 Å². The van der Waals surface area contributed by atoms with E-state index in [1.165, 1.54) is 17.7 Å². The first-order valence-corrected chi connectivity index (χ1v) is 11.5. The summed E-state index contributed by atoms with van der Waals surface area (Å²) >= 11 is 1.85. The summed E-state index contributed by atoms with van der Waals surface area (Å²) in [6.07, 6.45) is 2.43. The molecule has 1 saturated heterocycles. The van der Waals surface area contributed by atoms with Gasteiger partial charge in [-0.1, -0.05) is 18.2 Å². The molecule has 3 rings (SSSR count). The predicted octanol–water partition coefficient (Wildman–Crippen LogP) is 3.77. The summed E-state index contributed by atoms with van der Waals surface area (Å²) in [6, 6.07) is 12.6. The van der Waals surface area contributed by atoms with Crippen LogP contribution in [0.3, 0.4) is 0 Å². The SMILES string of the molecule is CN=C(NCC(C)Oc1ccccc1OC)NCC1CCCN(C)C1c1cccs1. The van der Waals surface area contributed by atoms with Crippen LogP contribution in [0.5, 0.6) is 11.5 Å². The largest absolute Gasteiger partial charge is 0.493 e. The van der Waals surface area contributed by atoms with Crippen molar-refractivity contribution >= 4 is 17.3 Å². The number of hydrogen-bond acceptors (Lipinski definition) is 5. The molecule has 0 spiro atoms. The molecule has 2 heterocycles. The third-order valence-corrected chi connectivity index (χ3v) is 6.49. The second kappa shape index (κ2) is 11.2. The third kappa shape index (κ3) is 5.89. The van der Waals surface area contributed by atoms with Gasteiger partial charge < -0.3 is 20.1 Å². The smallest absolute Gasteiger partial charge is 0.191 e. The van der Waals surface area contributed by atoms with Crippen molar-refractivity contribution in [3.05, 3.63) is 46.7 Å². The first kappa shape index (κ1) is 22.4. The van der Waals surface area contributed by atoms with Crippen LogP contribution in [0, 0.1) is 5.92 Å². The average Bonchev–Trinajstić information content (AvgIpc) is 3.28. The third-order valence-electron chi connectivity index (χ3n) is 5.55. The lowest BCUT2D eigenvalue weighted by atomic mass is 9.88. The number of nitrogens with zero attached hydrogens (tertiary/aromatic N) is 2. The molecule has 3 atom stereocenters. The fourth-order valence-electron chi connectivity index (χ4n) is 4.05. The quantitative estimate of drug-likeness (QED) is 0.493. The zero-order valence-electron chi connectivity index (χ0n) is 18.4. The van der Waals surface area contributed by atoms with E-state index >= 15 is 0 Å². The van der Waals surface area contributed by atoms with Gasteiger partial charge in [-0.25, -0.2) is 0 Å². The van der Waals surface area contributed by atoms with E-state index in [0.717, 1.165) is 30.5 Å². The van der Waals surface area contributed by atoms with E-state index < -0.39 is 0 Å². The summed E-state index contributed by atoms with van der Waals surface area (Å²) in [6.45, 7) is 4.74. The number of methoxy groups -OCH3 is 1. The van der Waals surface area contributed by atoms with Gasteiger partial charge in [0.15, 0.2) is 17.5 Å². The zero-order chi connectivity index (χ0) is 21.3. The van der Waals surface area contributed by atoms with Gasteiger partial charge in [-0.05, 0) is 62.9 Å². The molecule has 0 amide bonds. The number of benzene rings is 1. The monoisotopic (exact) mass is 430 g/mol. The second-order valence-corrected chi connectivity index (χ2v) is 8.74. The summed E-state index contributed by atoms with van der Waals surface area (Å²) in [7, 11) is 5.70. The number of thiophene rings is 1. The molecule has 0 radical (unpaired) electrons. The highest BCUT2D eigenvalue weighted by Gasteiger charge is 2.31. The Balaban J connectivity index is 1.50. The van der Waals surface area contributed by atoms with Crippen LogP contribution in [0.1, 0.15) is 30.7 Å². The van der Waals surface area contributed by atoms with Gasteiger partial charge in [-0.2, -0.15) is 0 Å². The van der Waals surface area contributed by atoms with Crippen molar-refractivity contribution in [3.63, 3.8) is 0 Å². The number of nitrogens with one attached hydrogen (secondary N) is 2. The molecule has 3 unspecified atom stereocenters. The Morgan fingerprint density at radius 1 is 1.23 bits per heavy atom. The highest BCUT2D eigenvalue weighted by molar-refractivity contribution is 7.10. The number of rotatable bonds is 8. The summed E-state index contributed by atoms with van der Waals surface area (Å²) in [5.74, 6) is 2.86. The molecule has 1 aromatic heterocycles. The Morgan fingerprint density at radius 3 is 2.73 bits per heavy atom. The maximum absolute atomic E-state index is 6.03. The number of para-hydroxylation sites is 2. The molecular formula is C23H34N4O2S. The Bertz CT molecular complexity index is 796. The fourth-order valence-corrected chi connectivity index (χ4v) is 5.03. The fraction of sp³-hybridized carbons (Fsp3) is 0.522. The Kier molecular flexibility index (Phi) is 8.39. The van der Waals surface area contributed by atoms with Gasteiger partial charge in [-0.15, -0.1) is 11.3 Å². The van der Waals surface area contributed by atoms with Crippen LogP contribution in [-0.4, -0.2) is 57.8 Å². The van der Waals surface area contributed by atoms with Gasteiger partial charge in [0, 0.05) is 24.5 Å². The van der Waals surface area contributed by atoms with E-state index in [9.17, 15) is 0 Å². The highest BCUT2D eigenvalue weighted by Crippen LogP contribution is 2.36. The van der Waals surface area contributed by atoms with Gasteiger partial charge in [0.05, 0.1) is 13.7 Å². The van der Waals surface area contributed by atoms with E-state index in [1.54, 1.807) is 7.11 Å². The van der Waals surface area contributed by atoms with Crippen LogP contribution in [0.2, 0.25) is 0 Å². The molecule has 0 bridgehead atoms. The summed E-state index contributed by atoms with van der Waals surface area (Å²) in [4.78, 5) is 8.33. The molecule has 30 heavy (non-hydrogen) atoms. The highest BCUT2D eigenvalue weighted by atomic mass is 32.1. The normalized spacial score (nSPS) is 21.1. The van der Waals surface area contributed by atoms with Crippen LogP contribution in [0.4, 0.5) is 0 Å². The molecule has 2 N–H and O–H groups in total. The summed E-state index contributed by atoms with van der Waals surface area (Å²) in [5, 5.41) is 9.09. The molecule has 7 heteroatoms. The van der Waals surface area contributed by atoms with Gasteiger partial charge >= 0.3 is 0 Å². The first-order chi connectivity index (χ1) is 14.6. The average molecular weight is 431 g/mol. The number of guanidine groups is 1. The molecule has 0 saturated carbocycles. The van der Waals surface area contributed by atoms with Crippen molar-refractivity contribution in [1.82, 2.24) is 15.5 Å². The van der Waals surface area contributed by atoms with Crippen LogP contribution in [-0.2, 0) is 0 Å². The lowest BCUT2D eigenvalue weighted by Crippen LogP contribution is -2.46. The van der Waals surface area contributed by atoms with Crippen LogP contribution in [0.15, 0.2) is 46.8 Å². The van der Waals surface area contributed by atoms with Crippen molar-refractivity contribution in [1.29, 1.82) is 0 Å². The van der Waals surface area contributed by atoms with Crippen molar-refractivity contribution in [2.45, 2.75) is 31.9 Å². The van der Waals surface area contributed by atoms with Crippen LogP contribution in [0.25, 0.3) is 0 Å². The van der Waals surface area contributed by atoms with Crippen LogP contribution >= 0.6 is 11.3 Å². The van der Waals surface area contributed by atoms with Crippen molar-refractivity contribution in [2.75, 3.05) is 40.8 Å². The minimum absolute atomic E-state index is 0.0282.